The summed E-state index contributed by atoms with van der Waals surface area (Å²) in [4.78, 5) is 2.46. The molecule has 0 saturated carbocycles. The van der Waals surface area contributed by atoms with Gasteiger partial charge in [0.05, 0.1) is 5.69 Å². The lowest BCUT2D eigenvalue weighted by molar-refractivity contribution is 0.590. The first-order valence-corrected chi connectivity index (χ1v) is 21.4. The minimum absolute atomic E-state index is 0.0813. The topological polar surface area (TPSA) is 16.4 Å². The lowest BCUT2D eigenvalue weighted by atomic mass is 9.82. The summed E-state index contributed by atoms with van der Waals surface area (Å²) in [6.07, 6.45) is 0. The number of furan rings is 1. The van der Waals surface area contributed by atoms with Crippen LogP contribution < -0.4 is 4.90 Å². The van der Waals surface area contributed by atoms with Crippen LogP contribution in [-0.4, -0.2) is 0 Å². The van der Waals surface area contributed by atoms with Crippen molar-refractivity contribution >= 4 is 49.8 Å². The molecule has 0 N–H and O–H groups in total. The summed E-state index contributed by atoms with van der Waals surface area (Å²) in [6.45, 7) is 11.5. The number of hydrogen-bond acceptors (Lipinski definition) is 2. The number of nitrogens with zero attached hydrogens (tertiary/aromatic N) is 1. The second kappa shape index (κ2) is 14.0. The van der Waals surface area contributed by atoms with Crippen LogP contribution in [0.1, 0.15) is 51.3 Å². The lowest BCUT2D eigenvalue weighted by Crippen LogP contribution is -2.15. The quantitative estimate of drug-likeness (QED) is 0.167. The molecule has 9 aromatic carbocycles. The molecule has 0 atom stereocenters. The van der Waals surface area contributed by atoms with Crippen molar-refractivity contribution in [2.75, 3.05) is 4.90 Å². The molecule has 10 aromatic rings. The second-order valence-corrected chi connectivity index (χ2v) is 18.1. The molecule has 2 nitrogen and oxygen atoms in total. The maximum Gasteiger partial charge on any atom is 0.143 e. The van der Waals surface area contributed by atoms with Gasteiger partial charge in [-0.15, -0.1) is 0 Å². The average Bonchev–Trinajstić information content (AvgIpc) is 3.78. The molecule has 61 heavy (non-hydrogen) atoms. The summed E-state index contributed by atoms with van der Waals surface area (Å²) in [5.74, 6) is 0. The maximum atomic E-state index is 6.47. The minimum Gasteiger partial charge on any atom is -0.455 e. The minimum atomic E-state index is -0.0813. The van der Waals surface area contributed by atoms with Crippen molar-refractivity contribution in [3.63, 3.8) is 0 Å². The van der Waals surface area contributed by atoms with Crippen molar-refractivity contribution in [2.24, 2.45) is 0 Å². The number of hydrogen-bond donors (Lipinski definition) is 0. The van der Waals surface area contributed by atoms with Gasteiger partial charge in [0.2, 0.25) is 0 Å². The molecule has 0 saturated heterocycles. The molecule has 0 fully saturated rings. The van der Waals surface area contributed by atoms with Gasteiger partial charge in [-0.25, -0.2) is 0 Å². The molecular formula is C59H47NO. The van der Waals surface area contributed by atoms with E-state index >= 15 is 0 Å². The number of para-hydroxylation sites is 2. The van der Waals surface area contributed by atoms with E-state index in [1.54, 1.807) is 0 Å². The zero-order chi connectivity index (χ0) is 41.5. The van der Waals surface area contributed by atoms with Crippen LogP contribution >= 0.6 is 0 Å². The third kappa shape index (κ3) is 6.08. The van der Waals surface area contributed by atoms with Gasteiger partial charge in [0, 0.05) is 38.7 Å². The summed E-state index contributed by atoms with van der Waals surface area (Å²) < 4.78 is 6.47. The maximum absolute atomic E-state index is 6.47. The van der Waals surface area contributed by atoms with Crippen molar-refractivity contribution in [3.05, 3.63) is 211 Å². The Hall–Kier alpha value is -7.16. The van der Waals surface area contributed by atoms with Crippen LogP contribution in [0.3, 0.4) is 0 Å². The summed E-state index contributed by atoms with van der Waals surface area (Å²) in [7, 11) is 0. The van der Waals surface area contributed by atoms with E-state index in [0.29, 0.717) is 0 Å². The number of benzene rings is 9. The SMILES string of the molecule is CC(C)(C)c1ccc(-c2ccc(N(c3ccc4c(c3)-c3ccccc3C4(C)C)c3ccc4ccccc4c3-c3ccc(-c4cccc5c4oc4ccccc45)cc3)cc2)cc1. The first-order chi connectivity index (χ1) is 29.6. The standard InChI is InChI=1S/C59H47NO/c1-58(2,3)43-30-25-38(26-31-43)39-27-32-44(33-28-39)60(45-34-35-53-51(37-45)48-15-8-10-19-52(48)59(53,4)5)54-36-29-40-13-6-7-14-46(40)56(54)42-23-21-41(22-24-42)47-17-12-18-50-49-16-9-11-20-55(49)61-57(47)50/h6-37H,1-5H3. The van der Waals surface area contributed by atoms with Crippen molar-refractivity contribution in [1.29, 1.82) is 0 Å². The fraction of sp³-hybridized carbons (Fsp3) is 0.119. The van der Waals surface area contributed by atoms with Crippen LogP contribution in [0.15, 0.2) is 199 Å². The smallest absolute Gasteiger partial charge is 0.143 e. The highest BCUT2D eigenvalue weighted by molar-refractivity contribution is 6.10. The number of fused-ring (bicyclic) bond motifs is 7. The van der Waals surface area contributed by atoms with Gasteiger partial charge in [-0.2, -0.15) is 0 Å². The highest BCUT2D eigenvalue weighted by Gasteiger charge is 2.35. The van der Waals surface area contributed by atoms with E-state index in [2.05, 4.69) is 228 Å². The predicted molar refractivity (Wildman–Crippen MR) is 258 cm³/mol. The lowest BCUT2D eigenvalue weighted by Gasteiger charge is -2.30. The molecule has 1 aliphatic rings. The van der Waals surface area contributed by atoms with Crippen molar-refractivity contribution in [3.8, 4) is 44.5 Å². The molecule has 11 rings (SSSR count). The van der Waals surface area contributed by atoms with Gasteiger partial charge in [0.25, 0.3) is 0 Å². The van der Waals surface area contributed by atoms with Gasteiger partial charge in [0.15, 0.2) is 0 Å². The fourth-order valence-electron chi connectivity index (χ4n) is 9.78. The van der Waals surface area contributed by atoms with E-state index in [1.165, 1.54) is 55.3 Å². The zero-order valence-electron chi connectivity index (χ0n) is 35.3. The highest BCUT2D eigenvalue weighted by atomic mass is 16.3. The Morgan fingerprint density at radius 1 is 0.443 bits per heavy atom. The highest BCUT2D eigenvalue weighted by Crippen LogP contribution is 2.52. The van der Waals surface area contributed by atoms with E-state index in [4.69, 9.17) is 4.42 Å². The number of rotatable bonds is 6. The Balaban J connectivity index is 1.08. The molecule has 0 unspecified atom stereocenters. The monoisotopic (exact) mass is 785 g/mol. The average molecular weight is 786 g/mol. The van der Waals surface area contributed by atoms with Crippen LogP contribution in [0.25, 0.3) is 77.2 Å². The van der Waals surface area contributed by atoms with Crippen LogP contribution in [0.2, 0.25) is 0 Å². The van der Waals surface area contributed by atoms with Crippen LogP contribution in [0.5, 0.6) is 0 Å². The van der Waals surface area contributed by atoms with Crippen LogP contribution in [-0.2, 0) is 10.8 Å². The molecule has 294 valence electrons. The zero-order valence-corrected chi connectivity index (χ0v) is 35.3. The Labute approximate surface area is 358 Å². The van der Waals surface area contributed by atoms with Gasteiger partial charge in [-0.1, -0.05) is 192 Å². The summed E-state index contributed by atoms with van der Waals surface area (Å²) in [5, 5.41) is 4.69. The second-order valence-electron chi connectivity index (χ2n) is 18.1. The van der Waals surface area contributed by atoms with Crippen LogP contribution in [0.4, 0.5) is 17.1 Å². The molecule has 2 heteroatoms. The molecule has 0 radical (unpaired) electrons. The third-order valence-electron chi connectivity index (χ3n) is 13.1. The Morgan fingerprint density at radius 2 is 1.03 bits per heavy atom. The van der Waals surface area contributed by atoms with Gasteiger partial charge in [-0.3, -0.25) is 0 Å². The van der Waals surface area contributed by atoms with Gasteiger partial charge in [-0.05, 0) is 103 Å². The first-order valence-electron chi connectivity index (χ1n) is 21.4. The van der Waals surface area contributed by atoms with E-state index in [0.717, 1.165) is 55.7 Å². The van der Waals surface area contributed by atoms with Gasteiger partial charge < -0.3 is 9.32 Å². The molecule has 0 spiro atoms. The third-order valence-corrected chi connectivity index (χ3v) is 13.1. The molecule has 0 amide bonds. The molecule has 0 bridgehead atoms. The van der Waals surface area contributed by atoms with E-state index in [-0.39, 0.29) is 10.8 Å². The Kier molecular flexibility index (Phi) is 8.44. The molecule has 1 aliphatic carbocycles. The molecule has 0 aliphatic heterocycles. The molecule has 1 aromatic heterocycles. The Bertz CT molecular complexity index is 3290. The van der Waals surface area contributed by atoms with Gasteiger partial charge in [0.1, 0.15) is 11.2 Å². The van der Waals surface area contributed by atoms with E-state index in [1.807, 2.05) is 6.07 Å². The summed E-state index contributed by atoms with van der Waals surface area (Å²) in [6, 6.07) is 71.4. The first kappa shape index (κ1) is 36.9. The van der Waals surface area contributed by atoms with Gasteiger partial charge >= 0.3 is 0 Å². The van der Waals surface area contributed by atoms with Crippen molar-refractivity contribution < 1.29 is 4.42 Å². The molecular weight excluding hydrogens is 739 g/mol. The van der Waals surface area contributed by atoms with E-state index in [9.17, 15) is 0 Å². The number of anilines is 3. The Morgan fingerprint density at radius 3 is 1.80 bits per heavy atom. The van der Waals surface area contributed by atoms with Crippen molar-refractivity contribution in [2.45, 2.75) is 45.4 Å². The summed E-state index contributed by atoms with van der Waals surface area (Å²) >= 11 is 0. The normalized spacial score (nSPS) is 13.1. The van der Waals surface area contributed by atoms with Crippen LogP contribution in [0, 0.1) is 0 Å². The van der Waals surface area contributed by atoms with Crippen molar-refractivity contribution in [1.82, 2.24) is 0 Å². The van der Waals surface area contributed by atoms with E-state index < -0.39 is 0 Å². The fourth-order valence-corrected chi connectivity index (χ4v) is 9.78. The summed E-state index contributed by atoms with van der Waals surface area (Å²) in [5.41, 5.74) is 18.9. The largest absolute Gasteiger partial charge is 0.455 e. The predicted octanol–water partition coefficient (Wildman–Crippen LogP) is 16.8. The molecule has 1 heterocycles.